The van der Waals surface area contributed by atoms with E-state index in [0.717, 1.165) is 17.1 Å². The van der Waals surface area contributed by atoms with E-state index in [1.54, 1.807) is 7.11 Å². The van der Waals surface area contributed by atoms with Crippen LogP contribution in [-0.4, -0.2) is 7.11 Å². The van der Waals surface area contributed by atoms with Gasteiger partial charge < -0.3 is 9.47 Å². The molecule has 2 aromatic carbocycles. The van der Waals surface area contributed by atoms with E-state index in [1.807, 2.05) is 48.5 Å². The van der Waals surface area contributed by atoms with E-state index in [1.165, 1.54) is 0 Å². The molecule has 0 aliphatic rings. The summed E-state index contributed by atoms with van der Waals surface area (Å²) in [6, 6.07) is 14.8. The normalized spacial score (nSPS) is 9.41. The van der Waals surface area contributed by atoms with E-state index in [2.05, 4.69) is 5.92 Å². The summed E-state index contributed by atoms with van der Waals surface area (Å²) >= 11 is 0. The molecule has 0 fully saturated rings. The molecule has 0 heterocycles. The van der Waals surface area contributed by atoms with Gasteiger partial charge in [-0.1, -0.05) is 18.1 Å². The topological polar surface area (TPSA) is 18.5 Å². The molecule has 0 saturated heterocycles. The average molecular weight is 224 g/mol. The van der Waals surface area contributed by atoms with Crippen molar-refractivity contribution in [3.63, 3.8) is 0 Å². The van der Waals surface area contributed by atoms with Gasteiger partial charge in [0.1, 0.15) is 17.2 Å². The second kappa shape index (κ2) is 5.09. The lowest BCUT2D eigenvalue weighted by Crippen LogP contribution is -1.88. The SMILES string of the molecule is C#Cc1ccccc1Oc1ccc(OC)cc1. The van der Waals surface area contributed by atoms with Gasteiger partial charge in [-0.2, -0.15) is 0 Å². The molecule has 0 amide bonds. The van der Waals surface area contributed by atoms with Gasteiger partial charge in [-0.25, -0.2) is 0 Å². The molecule has 0 aromatic heterocycles. The lowest BCUT2D eigenvalue weighted by atomic mass is 10.2. The Morgan fingerprint density at radius 3 is 2.24 bits per heavy atom. The van der Waals surface area contributed by atoms with Gasteiger partial charge in [0.25, 0.3) is 0 Å². The molecular formula is C15H12O2. The molecule has 0 aliphatic carbocycles. The summed E-state index contributed by atoms with van der Waals surface area (Å²) < 4.78 is 10.8. The minimum atomic E-state index is 0.681. The van der Waals surface area contributed by atoms with Gasteiger partial charge in [0.05, 0.1) is 12.7 Å². The number of para-hydroxylation sites is 1. The van der Waals surface area contributed by atoms with E-state index < -0.39 is 0 Å². The minimum Gasteiger partial charge on any atom is -0.497 e. The smallest absolute Gasteiger partial charge is 0.143 e. The molecule has 2 heteroatoms. The predicted octanol–water partition coefficient (Wildman–Crippen LogP) is 3.47. The van der Waals surface area contributed by atoms with Gasteiger partial charge in [0.15, 0.2) is 0 Å². The summed E-state index contributed by atoms with van der Waals surface area (Å²) in [6.07, 6.45) is 5.40. The summed E-state index contributed by atoms with van der Waals surface area (Å²) in [6.45, 7) is 0. The van der Waals surface area contributed by atoms with Crippen LogP contribution in [0.15, 0.2) is 48.5 Å². The van der Waals surface area contributed by atoms with E-state index in [4.69, 9.17) is 15.9 Å². The van der Waals surface area contributed by atoms with Crippen LogP contribution in [0.3, 0.4) is 0 Å². The van der Waals surface area contributed by atoms with Crippen molar-refractivity contribution in [2.75, 3.05) is 7.11 Å². The highest BCUT2D eigenvalue weighted by molar-refractivity contribution is 5.47. The first-order valence-electron chi connectivity index (χ1n) is 5.21. The molecule has 2 aromatic rings. The van der Waals surface area contributed by atoms with E-state index in [9.17, 15) is 0 Å². The number of terminal acetylenes is 1. The van der Waals surface area contributed by atoms with E-state index >= 15 is 0 Å². The van der Waals surface area contributed by atoms with Crippen molar-refractivity contribution in [2.24, 2.45) is 0 Å². The highest BCUT2D eigenvalue weighted by Crippen LogP contribution is 2.26. The Kier molecular flexibility index (Phi) is 3.32. The van der Waals surface area contributed by atoms with Crippen molar-refractivity contribution < 1.29 is 9.47 Å². The third-order valence-corrected chi connectivity index (χ3v) is 2.33. The monoisotopic (exact) mass is 224 g/mol. The van der Waals surface area contributed by atoms with Gasteiger partial charge in [-0.3, -0.25) is 0 Å². The fraction of sp³-hybridized carbons (Fsp3) is 0.0667. The average Bonchev–Trinajstić information content (AvgIpc) is 2.40. The van der Waals surface area contributed by atoms with Crippen molar-refractivity contribution in [1.82, 2.24) is 0 Å². The maximum atomic E-state index is 5.70. The fourth-order valence-electron chi connectivity index (χ4n) is 1.45. The van der Waals surface area contributed by atoms with Crippen LogP contribution in [0.1, 0.15) is 5.56 Å². The van der Waals surface area contributed by atoms with Crippen LogP contribution in [0.5, 0.6) is 17.2 Å². The third kappa shape index (κ3) is 2.59. The summed E-state index contributed by atoms with van der Waals surface area (Å²) in [5.74, 6) is 4.79. The number of methoxy groups -OCH3 is 1. The zero-order valence-corrected chi connectivity index (χ0v) is 9.51. The highest BCUT2D eigenvalue weighted by atomic mass is 16.5. The van der Waals surface area contributed by atoms with Gasteiger partial charge in [0, 0.05) is 0 Å². The molecule has 0 bridgehead atoms. The molecule has 0 spiro atoms. The van der Waals surface area contributed by atoms with Crippen LogP contribution in [-0.2, 0) is 0 Å². The molecule has 17 heavy (non-hydrogen) atoms. The van der Waals surface area contributed by atoms with Crippen molar-refractivity contribution in [1.29, 1.82) is 0 Å². The number of ether oxygens (including phenoxy) is 2. The Labute approximate surface area is 101 Å². The van der Waals surface area contributed by atoms with Crippen molar-refractivity contribution in [2.45, 2.75) is 0 Å². The quantitative estimate of drug-likeness (QED) is 0.743. The number of hydrogen-bond donors (Lipinski definition) is 0. The van der Waals surface area contributed by atoms with E-state index in [-0.39, 0.29) is 0 Å². The van der Waals surface area contributed by atoms with Crippen molar-refractivity contribution in [3.05, 3.63) is 54.1 Å². The maximum absolute atomic E-state index is 5.70. The van der Waals surface area contributed by atoms with Gasteiger partial charge in [-0.05, 0) is 36.4 Å². The maximum Gasteiger partial charge on any atom is 0.143 e. The highest BCUT2D eigenvalue weighted by Gasteiger charge is 2.01. The van der Waals surface area contributed by atoms with Crippen LogP contribution in [0, 0.1) is 12.3 Å². The summed E-state index contributed by atoms with van der Waals surface area (Å²) in [5.41, 5.74) is 0.739. The molecule has 2 rings (SSSR count). The summed E-state index contributed by atoms with van der Waals surface area (Å²) in [4.78, 5) is 0. The molecule has 0 saturated carbocycles. The molecule has 0 radical (unpaired) electrons. The van der Waals surface area contributed by atoms with Crippen LogP contribution in [0.2, 0.25) is 0 Å². The Hall–Kier alpha value is -2.40. The minimum absolute atomic E-state index is 0.681. The second-order valence-electron chi connectivity index (χ2n) is 3.42. The number of hydrogen-bond acceptors (Lipinski definition) is 2. The molecule has 2 nitrogen and oxygen atoms in total. The number of rotatable bonds is 3. The molecular weight excluding hydrogens is 212 g/mol. The first-order chi connectivity index (χ1) is 8.33. The van der Waals surface area contributed by atoms with Crippen molar-refractivity contribution >= 4 is 0 Å². The zero-order valence-electron chi connectivity index (χ0n) is 9.51. The molecule has 0 atom stereocenters. The second-order valence-corrected chi connectivity index (χ2v) is 3.42. The Bertz CT molecular complexity index is 536. The molecule has 0 N–H and O–H groups in total. The Morgan fingerprint density at radius 1 is 0.941 bits per heavy atom. The number of benzene rings is 2. The molecule has 0 aliphatic heterocycles. The standard InChI is InChI=1S/C15H12O2/c1-3-12-6-4-5-7-15(12)17-14-10-8-13(16-2)9-11-14/h1,4-11H,2H3. The first-order valence-corrected chi connectivity index (χ1v) is 5.21. The Balaban J connectivity index is 2.23. The predicted molar refractivity (Wildman–Crippen MR) is 67.4 cm³/mol. The van der Waals surface area contributed by atoms with Gasteiger partial charge >= 0.3 is 0 Å². The van der Waals surface area contributed by atoms with Crippen LogP contribution >= 0.6 is 0 Å². The Morgan fingerprint density at radius 2 is 1.59 bits per heavy atom. The van der Waals surface area contributed by atoms with Crippen LogP contribution in [0.25, 0.3) is 0 Å². The molecule has 0 unspecified atom stereocenters. The first kappa shape index (κ1) is 11.1. The fourth-order valence-corrected chi connectivity index (χ4v) is 1.45. The van der Waals surface area contributed by atoms with Crippen LogP contribution in [0.4, 0.5) is 0 Å². The summed E-state index contributed by atoms with van der Waals surface area (Å²) in [7, 11) is 1.63. The lowest BCUT2D eigenvalue weighted by molar-refractivity contribution is 0.413. The third-order valence-electron chi connectivity index (χ3n) is 2.33. The summed E-state index contributed by atoms with van der Waals surface area (Å²) in [5, 5.41) is 0. The largest absolute Gasteiger partial charge is 0.497 e. The zero-order chi connectivity index (χ0) is 12.1. The van der Waals surface area contributed by atoms with Crippen molar-refractivity contribution in [3.8, 4) is 29.6 Å². The van der Waals surface area contributed by atoms with Gasteiger partial charge in [0.2, 0.25) is 0 Å². The lowest BCUT2D eigenvalue weighted by Gasteiger charge is -2.08. The van der Waals surface area contributed by atoms with Gasteiger partial charge in [-0.15, -0.1) is 6.42 Å². The van der Waals surface area contributed by atoms with Crippen LogP contribution < -0.4 is 9.47 Å². The molecule has 84 valence electrons. The van der Waals surface area contributed by atoms with E-state index in [0.29, 0.717) is 5.75 Å².